The minimum Gasteiger partial charge on any atom is -0.490 e. The SMILES string of the molecule is C=CCOc1c(OCCC)ccc(Cl)c1Cl. The fourth-order valence-electron chi connectivity index (χ4n) is 1.12. The Hall–Kier alpha value is -0.860. The summed E-state index contributed by atoms with van der Waals surface area (Å²) in [4.78, 5) is 0. The summed E-state index contributed by atoms with van der Waals surface area (Å²) < 4.78 is 11.0. The van der Waals surface area contributed by atoms with E-state index in [1.54, 1.807) is 18.2 Å². The predicted molar refractivity (Wildman–Crippen MR) is 67.9 cm³/mol. The highest BCUT2D eigenvalue weighted by molar-refractivity contribution is 6.43. The number of hydrogen-bond donors (Lipinski definition) is 0. The van der Waals surface area contributed by atoms with Crippen LogP contribution in [0.3, 0.4) is 0 Å². The van der Waals surface area contributed by atoms with E-state index in [2.05, 4.69) is 6.58 Å². The smallest absolute Gasteiger partial charge is 0.181 e. The second kappa shape index (κ2) is 6.66. The molecule has 0 saturated heterocycles. The standard InChI is InChI=1S/C12H14Cl2O2/c1-3-7-15-10-6-5-9(13)11(14)12(10)16-8-4-2/h4-6H,2-3,7-8H2,1H3. The molecule has 0 amide bonds. The van der Waals surface area contributed by atoms with E-state index in [9.17, 15) is 0 Å². The Morgan fingerprint density at radius 2 is 2.06 bits per heavy atom. The van der Waals surface area contributed by atoms with E-state index in [1.165, 1.54) is 0 Å². The van der Waals surface area contributed by atoms with Crippen LogP contribution in [-0.2, 0) is 0 Å². The molecule has 16 heavy (non-hydrogen) atoms. The van der Waals surface area contributed by atoms with Crippen molar-refractivity contribution in [1.82, 2.24) is 0 Å². The van der Waals surface area contributed by atoms with Crippen LogP contribution in [0.2, 0.25) is 10.0 Å². The highest BCUT2D eigenvalue weighted by Crippen LogP contribution is 2.40. The lowest BCUT2D eigenvalue weighted by molar-refractivity contribution is 0.284. The first-order chi connectivity index (χ1) is 7.70. The molecule has 0 spiro atoms. The Labute approximate surface area is 106 Å². The summed E-state index contributed by atoms with van der Waals surface area (Å²) in [7, 11) is 0. The molecule has 0 N–H and O–H groups in total. The van der Waals surface area contributed by atoms with Crippen molar-refractivity contribution in [3.8, 4) is 11.5 Å². The van der Waals surface area contributed by atoms with Crippen LogP contribution in [0.1, 0.15) is 13.3 Å². The monoisotopic (exact) mass is 260 g/mol. The molecule has 0 aliphatic carbocycles. The van der Waals surface area contributed by atoms with Gasteiger partial charge in [-0.15, -0.1) is 0 Å². The van der Waals surface area contributed by atoms with Crippen molar-refractivity contribution in [2.24, 2.45) is 0 Å². The van der Waals surface area contributed by atoms with E-state index in [-0.39, 0.29) is 0 Å². The zero-order valence-electron chi connectivity index (χ0n) is 9.13. The maximum Gasteiger partial charge on any atom is 0.181 e. The molecule has 0 atom stereocenters. The fourth-order valence-corrected chi connectivity index (χ4v) is 1.48. The molecule has 0 fully saturated rings. The largest absolute Gasteiger partial charge is 0.490 e. The van der Waals surface area contributed by atoms with Crippen LogP contribution in [0.15, 0.2) is 24.8 Å². The summed E-state index contributed by atoms with van der Waals surface area (Å²) >= 11 is 11.9. The lowest BCUT2D eigenvalue weighted by Crippen LogP contribution is -2.01. The first-order valence-electron chi connectivity index (χ1n) is 5.05. The molecular weight excluding hydrogens is 247 g/mol. The van der Waals surface area contributed by atoms with Crippen LogP contribution < -0.4 is 9.47 Å². The number of rotatable bonds is 6. The van der Waals surface area contributed by atoms with Crippen LogP contribution in [0.4, 0.5) is 0 Å². The van der Waals surface area contributed by atoms with Gasteiger partial charge in [-0.2, -0.15) is 0 Å². The molecule has 4 heteroatoms. The summed E-state index contributed by atoms with van der Waals surface area (Å²) in [5, 5.41) is 0.821. The average Bonchev–Trinajstić information content (AvgIpc) is 2.29. The summed E-state index contributed by atoms with van der Waals surface area (Å²) in [5.41, 5.74) is 0. The molecule has 0 aromatic heterocycles. The van der Waals surface area contributed by atoms with Crippen LogP contribution >= 0.6 is 23.2 Å². The molecule has 0 aliphatic rings. The minimum atomic E-state index is 0.364. The molecule has 0 heterocycles. The fraction of sp³-hybridized carbons (Fsp3) is 0.333. The second-order valence-corrected chi connectivity index (χ2v) is 3.92. The van der Waals surface area contributed by atoms with E-state index in [0.29, 0.717) is 34.8 Å². The van der Waals surface area contributed by atoms with Crippen LogP contribution in [0, 0.1) is 0 Å². The molecule has 0 aliphatic heterocycles. The van der Waals surface area contributed by atoms with Crippen molar-refractivity contribution in [3.63, 3.8) is 0 Å². The molecule has 88 valence electrons. The molecule has 1 aromatic carbocycles. The van der Waals surface area contributed by atoms with Gasteiger partial charge in [-0.1, -0.05) is 42.8 Å². The number of ether oxygens (including phenoxy) is 2. The van der Waals surface area contributed by atoms with Crippen LogP contribution in [-0.4, -0.2) is 13.2 Å². The van der Waals surface area contributed by atoms with Crippen molar-refractivity contribution in [3.05, 3.63) is 34.8 Å². The first kappa shape index (κ1) is 13.2. The summed E-state index contributed by atoms with van der Waals surface area (Å²) in [6.45, 7) is 6.58. The molecule has 1 rings (SSSR count). The predicted octanol–water partition coefficient (Wildman–Crippen LogP) is 4.35. The van der Waals surface area contributed by atoms with Gasteiger partial charge in [0, 0.05) is 0 Å². The van der Waals surface area contributed by atoms with E-state index in [1.807, 2.05) is 6.92 Å². The van der Waals surface area contributed by atoms with Crippen molar-refractivity contribution in [2.75, 3.05) is 13.2 Å². The van der Waals surface area contributed by atoms with Crippen molar-refractivity contribution in [1.29, 1.82) is 0 Å². The van der Waals surface area contributed by atoms with E-state index in [4.69, 9.17) is 32.7 Å². The highest BCUT2D eigenvalue weighted by Gasteiger charge is 2.12. The second-order valence-electron chi connectivity index (χ2n) is 3.14. The molecule has 0 radical (unpaired) electrons. The van der Waals surface area contributed by atoms with Gasteiger partial charge in [0.1, 0.15) is 11.6 Å². The number of halogens is 2. The van der Waals surface area contributed by atoms with Gasteiger partial charge in [-0.05, 0) is 18.6 Å². The number of hydrogen-bond acceptors (Lipinski definition) is 2. The van der Waals surface area contributed by atoms with Gasteiger partial charge in [0.2, 0.25) is 0 Å². The third-order valence-corrected chi connectivity index (χ3v) is 2.61. The lowest BCUT2D eigenvalue weighted by atomic mass is 10.3. The Morgan fingerprint density at radius 3 is 2.69 bits per heavy atom. The van der Waals surface area contributed by atoms with Crippen LogP contribution in [0.25, 0.3) is 0 Å². The number of benzene rings is 1. The van der Waals surface area contributed by atoms with Gasteiger partial charge in [-0.3, -0.25) is 0 Å². The highest BCUT2D eigenvalue weighted by atomic mass is 35.5. The molecule has 0 saturated carbocycles. The molecule has 0 bridgehead atoms. The Bertz CT molecular complexity index is 364. The first-order valence-corrected chi connectivity index (χ1v) is 5.80. The lowest BCUT2D eigenvalue weighted by Gasteiger charge is -2.13. The normalized spacial score (nSPS) is 9.94. The van der Waals surface area contributed by atoms with E-state index in [0.717, 1.165) is 6.42 Å². The summed E-state index contributed by atoms with van der Waals surface area (Å²) in [6.07, 6.45) is 2.56. The van der Waals surface area contributed by atoms with Crippen LogP contribution in [0.5, 0.6) is 11.5 Å². The molecule has 0 unspecified atom stereocenters. The molecule has 1 aromatic rings. The van der Waals surface area contributed by atoms with Gasteiger partial charge < -0.3 is 9.47 Å². The van der Waals surface area contributed by atoms with Crippen molar-refractivity contribution >= 4 is 23.2 Å². The van der Waals surface area contributed by atoms with Gasteiger partial charge in [0.25, 0.3) is 0 Å². The topological polar surface area (TPSA) is 18.5 Å². The third kappa shape index (κ3) is 3.32. The summed E-state index contributed by atoms with van der Waals surface area (Å²) in [5.74, 6) is 1.08. The maximum atomic E-state index is 6.04. The van der Waals surface area contributed by atoms with Gasteiger partial charge in [0.05, 0.1) is 11.6 Å². The van der Waals surface area contributed by atoms with E-state index >= 15 is 0 Å². The van der Waals surface area contributed by atoms with Gasteiger partial charge >= 0.3 is 0 Å². The summed E-state index contributed by atoms with van der Waals surface area (Å²) in [6, 6.07) is 3.44. The average molecular weight is 261 g/mol. The third-order valence-electron chi connectivity index (χ3n) is 1.82. The Kier molecular flexibility index (Phi) is 5.50. The van der Waals surface area contributed by atoms with E-state index < -0.39 is 0 Å². The molecule has 2 nitrogen and oxygen atoms in total. The van der Waals surface area contributed by atoms with Crippen molar-refractivity contribution < 1.29 is 9.47 Å². The van der Waals surface area contributed by atoms with Gasteiger partial charge in [-0.25, -0.2) is 0 Å². The maximum absolute atomic E-state index is 6.04. The zero-order valence-corrected chi connectivity index (χ0v) is 10.6. The minimum absolute atomic E-state index is 0.364. The Morgan fingerprint density at radius 1 is 1.31 bits per heavy atom. The quantitative estimate of drug-likeness (QED) is 0.709. The Balaban J connectivity index is 2.95. The zero-order chi connectivity index (χ0) is 12.0. The molecular formula is C12H14Cl2O2. The van der Waals surface area contributed by atoms with Crippen molar-refractivity contribution in [2.45, 2.75) is 13.3 Å². The van der Waals surface area contributed by atoms with Gasteiger partial charge in [0.15, 0.2) is 11.5 Å².